The number of Topliss-reactive ketones (excluding diaryl/α,β-unsaturated/α-hetero) is 1. The fraction of sp³-hybridized carbons (Fsp3) is 0.167. The number of aryl methyl sites for hydroxylation is 2. The summed E-state index contributed by atoms with van der Waals surface area (Å²) in [7, 11) is 1.40. The fourth-order valence-corrected chi connectivity index (χ4v) is 4.22. The predicted molar refractivity (Wildman–Crippen MR) is 118 cm³/mol. The Morgan fingerprint density at radius 1 is 1.17 bits per heavy atom. The summed E-state index contributed by atoms with van der Waals surface area (Å²) in [5.41, 5.74) is -1.21. The zero-order chi connectivity index (χ0) is 24.9. The van der Waals surface area contributed by atoms with E-state index in [1.165, 1.54) is 30.1 Å². The molecule has 11 heteroatoms. The normalized spacial score (nSPS) is 14.5. The fourth-order valence-electron chi connectivity index (χ4n) is 4.22. The zero-order valence-electron chi connectivity index (χ0n) is 18.2. The number of rotatable bonds is 5. The van der Waals surface area contributed by atoms with E-state index in [9.17, 15) is 28.2 Å². The standard InChI is InChI=1S/C24H18F3N3O5/c1-34-14-3-4-17-15(11-14)16(12-20-22(33)21-18(32)9-13(31)10-19(21)35-20)23(24(25,26)27)30(17)8-7-29-6-2-5-28-29/h2-6,9-12,31-32H,7-8H2,1H3/b20-12-. The van der Waals surface area contributed by atoms with Gasteiger partial charge in [0.2, 0.25) is 5.78 Å². The molecule has 0 atom stereocenters. The summed E-state index contributed by atoms with van der Waals surface area (Å²) in [5, 5.41) is 24.0. The van der Waals surface area contributed by atoms with Crippen molar-refractivity contribution in [1.82, 2.24) is 14.3 Å². The number of carbonyl (C=O) groups excluding carboxylic acids is 1. The highest BCUT2D eigenvalue weighted by Crippen LogP contribution is 2.44. The molecule has 0 spiro atoms. The Morgan fingerprint density at radius 3 is 2.66 bits per heavy atom. The Kier molecular flexibility index (Phi) is 5.19. The predicted octanol–water partition coefficient (Wildman–Crippen LogP) is 4.59. The molecule has 0 fully saturated rings. The molecule has 8 nitrogen and oxygen atoms in total. The highest BCUT2D eigenvalue weighted by Gasteiger charge is 2.40. The lowest BCUT2D eigenvalue weighted by Crippen LogP contribution is -2.17. The summed E-state index contributed by atoms with van der Waals surface area (Å²) in [6.45, 7) is 0.127. The summed E-state index contributed by atoms with van der Waals surface area (Å²) in [6.07, 6.45) is -0.590. The number of phenols is 2. The molecular formula is C24H18F3N3O5. The third-order valence-corrected chi connectivity index (χ3v) is 5.70. The van der Waals surface area contributed by atoms with Crippen LogP contribution in [0.1, 0.15) is 21.6 Å². The Bertz CT molecular complexity index is 1490. The molecule has 2 aromatic heterocycles. The van der Waals surface area contributed by atoms with Gasteiger partial charge in [-0.25, -0.2) is 0 Å². The molecule has 1 aliphatic heterocycles. The Hall–Kier alpha value is -4.41. The van der Waals surface area contributed by atoms with Gasteiger partial charge in [0.1, 0.15) is 34.3 Å². The molecule has 0 unspecified atom stereocenters. The molecule has 0 bridgehead atoms. The van der Waals surface area contributed by atoms with Crippen molar-refractivity contribution in [1.29, 1.82) is 0 Å². The first-order valence-electron chi connectivity index (χ1n) is 10.4. The van der Waals surface area contributed by atoms with Crippen LogP contribution in [0, 0.1) is 0 Å². The van der Waals surface area contributed by atoms with E-state index < -0.39 is 29.2 Å². The van der Waals surface area contributed by atoms with Crippen LogP contribution < -0.4 is 9.47 Å². The molecule has 0 aliphatic carbocycles. The van der Waals surface area contributed by atoms with Gasteiger partial charge in [0.25, 0.3) is 0 Å². The summed E-state index contributed by atoms with van der Waals surface area (Å²) >= 11 is 0. The number of hydrogen-bond acceptors (Lipinski definition) is 6. The monoisotopic (exact) mass is 485 g/mol. The van der Waals surface area contributed by atoms with E-state index in [4.69, 9.17) is 9.47 Å². The van der Waals surface area contributed by atoms with Gasteiger partial charge in [-0.05, 0) is 30.3 Å². The molecule has 180 valence electrons. The number of nitrogens with zero attached hydrogens (tertiary/aromatic N) is 3. The maximum Gasteiger partial charge on any atom is 0.432 e. The van der Waals surface area contributed by atoms with Gasteiger partial charge in [-0.1, -0.05) is 0 Å². The molecule has 0 saturated carbocycles. The van der Waals surface area contributed by atoms with Crippen molar-refractivity contribution in [3.05, 3.63) is 71.4 Å². The zero-order valence-corrected chi connectivity index (χ0v) is 18.2. The molecule has 3 heterocycles. The summed E-state index contributed by atoms with van der Waals surface area (Å²) in [5.74, 6) is -1.92. The number of ketones is 1. The molecule has 2 aromatic carbocycles. The van der Waals surface area contributed by atoms with Gasteiger partial charge in [-0.3, -0.25) is 9.48 Å². The van der Waals surface area contributed by atoms with Gasteiger partial charge in [0, 0.05) is 47.5 Å². The van der Waals surface area contributed by atoms with Crippen LogP contribution in [0.15, 0.2) is 54.6 Å². The maximum absolute atomic E-state index is 14.4. The molecule has 0 amide bonds. The van der Waals surface area contributed by atoms with Crippen LogP contribution in [0.25, 0.3) is 17.0 Å². The van der Waals surface area contributed by atoms with Crippen molar-refractivity contribution in [3.63, 3.8) is 0 Å². The van der Waals surface area contributed by atoms with Crippen molar-refractivity contribution >= 4 is 22.8 Å². The molecule has 2 N–H and O–H groups in total. The number of methoxy groups -OCH3 is 1. The number of fused-ring (bicyclic) bond motifs is 2. The van der Waals surface area contributed by atoms with Gasteiger partial charge in [0.05, 0.1) is 13.7 Å². The van der Waals surface area contributed by atoms with E-state index in [2.05, 4.69) is 5.10 Å². The highest BCUT2D eigenvalue weighted by molar-refractivity contribution is 6.17. The second-order valence-electron chi connectivity index (χ2n) is 7.84. The lowest BCUT2D eigenvalue weighted by atomic mass is 10.1. The number of hydrogen-bond donors (Lipinski definition) is 2. The van der Waals surface area contributed by atoms with Crippen molar-refractivity contribution in [3.8, 4) is 23.0 Å². The number of ether oxygens (including phenoxy) is 2. The largest absolute Gasteiger partial charge is 0.508 e. The third kappa shape index (κ3) is 3.84. The van der Waals surface area contributed by atoms with Gasteiger partial charge < -0.3 is 24.3 Å². The van der Waals surface area contributed by atoms with Crippen LogP contribution in [0.3, 0.4) is 0 Å². The number of phenolic OH excluding ortho intramolecular Hbond substituents is 2. The summed E-state index contributed by atoms with van der Waals surface area (Å²) < 4.78 is 56.6. The molecule has 5 rings (SSSR count). The lowest BCUT2D eigenvalue weighted by Gasteiger charge is -2.14. The first kappa shape index (κ1) is 22.4. The molecular weight excluding hydrogens is 467 g/mol. The maximum atomic E-state index is 14.4. The number of aromatic nitrogens is 3. The van der Waals surface area contributed by atoms with Crippen LogP contribution in [0.5, 0.6) is 23.0 Å². The molecule has 35 heavy (non-hydrogen) atoms. The van der Waals surface area contributed by atoms with Crippen LogP contribution in [0.2, 0.25) is 0 Å². The topological polar surface area (TPSA) is 98.7 Å². The van der Waals surface area contributed by atoms with E-state index >= 15 is 0 Å². The molecule has 0 radical (unpaired) electrons. The lowest BCUT2D eigenvalue weighted by molar-refractivity contribution is -0.143. The Labute approximate surface area is 196 Å². The van der Waals surface area contributed by atoms with Crippen LogP contribution in [-0.4, -0.2) is 37.5 Å². The molecule has 4 aromatic rings. The SMILES string of the molecule is COc1ccc2c(c1)c(/C=C1\Oc3cc(O)cc(O)c3C1=O)c(C(F)(F)F)n2CCn1cccn1. The molecule has 1 aliphatic rings. The Balaban J connectivity index is 1.71. The van der Waals surface area contributed by atoms with Crippen molar-refractivity contribution < 1.29 is 37.7 Å². The Morgan fingerprint density at radius 2 is 1.97 bits per heavy atom. The summed E-state index contributed by atoms with van der Waals surface area (Å²) in [6, 6.07) is 8.26. The number of carbonyl (C=O) groups is 1. The van der Waals surface area contributed by atoms with Crippen molar-refractivity contribution in [2.24, 2.45) is 0 Å². The number of allylic oxidation sites excluding steroid dienone is 1. The van der Waals surface area contributed by atoms with Crippen molar-refractivity contribution in [2.45, 2.75) is 19.3 Å². The van der Waals surface area contributed by atoms with E-state index in [-0.39, 0.29) is 46.6 Å². The van der Waals surface area contributed by atoms with Gasteiger partial charge in [-0.2, -0.15) is 18.3 Å². The number of benzene rings is 2. The van der Waals surface area contributed by atoms with E-state index in [1.807, 2.05) is 0 Å². The minimum absolute atomic E-state index is 0.0494. The van der Waals surface area contributed by atoms with Gasteiger partial charge in [0.15, 0.2) is 5.76 Å². The minimum Gasteiger partial charge on any atom is -0.508 e. The van der Waals surface area contributed by atoms with Crippen LogP contribution in [-0.2, 0) is 19.3 Å². The number of halogens is 3. The van der Waals surface area contributed by atoms with Gasteiger partial charge in [-0.15, -0.1) is 0 Å². The van der Waals surface area contributed by atoms with Gasteiger partial charge >= 0.3 is 6.18 Å². The van der Waals surface area contributed by atoms with Crippen LogP contribution >= 0.6 is 0 Å². The highest BCUT2D eigenvalue weighted by atomic mass is 19.4. The quantitative estimate of drug-likeness (QED) is 0.401. The first-order valence-corrected chi connectivity index (χ1v) is 10.4. The number of aromatic hydroxyl groups is 2. The van der Waals surface area contributed by atoms with E-state index in [0.717, 1.165) is 22.8 Å². The smallest absolute Gasteiger partial charge is 0.432 e. The summed E-state index contributed by atoms with van der Waals surface area (Å²) in [4.78, 5) is 12.9. The second kappa shape index (κ2) is 8.12. The molecule has 0 saturated heterocycles. The third-order valence-electron chi connectivity index (χ3n) is 5.70. The van der Waals surface area contributed by atoms with Crippen molar-refractivity contribution in [2.75, 3.05) is 7.11 Å². The minimum atomic E-state index is -4.78. The van der Waals surface area contributed by atoms with Crippen LogP contribution in [0.4, 0.5) is 13.2 Å². The first-order chi connectivity index (χ1) is 16.7. The van der Waals surface area contributed by atoms with E-state index in [1.54, 1.807) is 18.3 Å². The average Bonchev–Trinajstić information content (AvgIpc) is 3.49. The number of alkyl halides is 3. The van der Waals surface area contributed by atoms with E-state index in [0.29, 0.717) is 5.75 Å². The average molecular weight is 485 g/mol. The second-order valence-corrected chi connectivity index (χ2v) is 7.84.